The number of nitrogens with zero attached hydrogens (tertiary/aromatic N) is 1. The maximum atomic E-state index is 13.6. The van der Waals surface area contributed by atoms with Crippen LogP contribution in [0.1, 0.15) is 56.3 Å². The van der Waals surface area contributed by atoms with Crippen LogP contribution in [-0.2, 0) is 31.3 Å². The lowest BCUT2D eigenvalue weighted by atomic mass is 9.86. The van der Waals surface area contributed by atoms with E-state index in [0.717, 1.165) is 5.56 Å². The van der Waals surface area contributed by atoms with Crippen molar-refractivity contribution in [2.75, 3.05) is 25.7 Å². The summed E-state index contributed by atoms with van der Waals surface area (Å²) in [4.78, 5) is 28.4. The predicted molar refractivity (Wildman–Crippen MR) is 134 cm³/mol. The molecule has 2 aromatic rings. The first kappa shape index (κ1) is 25.9. The number of ketones is 1. The van der Waals surface area contributed by atoms with Gasteiger partial charge in [-0.05, 0) is 47.1 Å². The van der Waals surface area contributed by atoms with E-state index in [2.05, 4.69) is 20.8 Å². The van der Waals surface area contributed by atoms with Gasteiger partial charge in [-0.2, -0.15) is 0 Å². The molecule has 1 aliphatic rings. The molecule has 0 bridgehead atoms. The second kappa shape index (κ2) is 10.3. The second-order valence-electron chi connectivity index (χ2n) is 10.1. The van der Waals surface area contributed by atoms with Gasteiger partial charge in [-0.3, -0.25) is 9.59 Å². The number of ether oxygens (including phenoxy) is 1. The summed E-state index contributed by atoms with van der Waals surface area (Å²) in [5.74, 6) is 0.0178. The Hall–Kier alpha value is -2.67. The van der Waals surface area contributed by atoms with Crippen LogP contribution >= 0.6 is 0 Å². The summed E-state index contributed by atoms with van der Waals surface area (Å²) in [5.41, 5.74) is 2.81. The number of hydrogen-bond donors (Lipinski definition) is 0. The van der Waals surface area contributed by atoms with Crippen LogP contribution < -0.4 is 4.74 Å². The van der Waals surface area contributed by atoms with Gasteiger partial charge in [0, 0.05) is 19.4 Å². The lowest BCUT2D eigenvalue weighted by molar-refractivity contribution is -0.141. The fraction of sp³-hybridized carbons (Fsp3) is 0.481. The number of likely N-dealkylation sites (N-methyl/N-ethyl adjacent to an activating group) is 1. The van der Waals surface area contributed by atoms with Crippen LogP contribution in [0, 0.1) is 5.92 Å². The van der Waals surface area contributed by atoms with Gasteiger partial charge in [-0.25, -0.2) is 8.42 Å². The van der Waals surface area contributed by atoms with Crippen LogP contribution in [-0.4, -0.2) is 50.7 Å². The van der Waals surface area contributed by atoms with Crippen molar-refractivity contribution < 1.29 is 22.7 Å². The van der Waals surface area contributed by atoms with Crippen molar-refractivity contribution in [3.8, 4) is 5.75 Å². The normalized spacial score (nSPS) is 17.1. The van der Waals surface area contributed by atoms with Gasteiger partial charge in [0.1, 0.15) is 21.6 Å². The molecule has 3 rings (SSSR count). The lowest BCUT2D eigenvalue weighted by Crippen LogP contribution is -2.42. The summed E-state index contributed by atoms with van der Waals surface area (Å²) < 4.78 is 28.9. The summed E-state index contributed by atoms with van der Waals surface area (Å²) in [7, 11) is 0.137. The molecule has 0 saturated carbocycles. The number of sulfone groups is 1. The van der Waals surface area contributed by atoms with E-state index in [1.54, 1.807) is 38.4 Å². The highest BCUT2D eigenvalue weighted by Crippen LogP contribution is 2.29. The zero-order valence-corrected chi connectivity index (χ0v) is 21.5. The highest BCUT2D eigenvalue weighted by molar-refractivity contribution is 7.91. The Balaban J connectivity index is 1.85. The molecule has 7 heteroatoms. The third-order valence-electron chi connectivity index (χ3n) is 6.57. The molecule has 0 radical (unpaired) electrons. The largest absolute Gasteiger partial charge is 0.497 e. The maximum absolute atomic E-state index is 13.6. The lowest BCUT2D eigenvalue weighted by Gasteiger charge is -2.32. The van der Waals surface area contributed by atoms with Gasteiger partial charge in [-0.15, -0.1) is 0 Å². The van der Waals surface area contributed by atoms with Gasteiger partial charge in [-0.1, -0.05) is 57.2 Å². The smallest absolute Gasteiger partial charge is 0.226 e. The fourth-order valence-corrected chi connectivity index (χ4v) is 5.88. The van der Waals surface area contributed by atoms with Crippen LogP contribution in [0.25, 0.3) is 0 Å². The number of carbonyl (C=O) groups excluding carboxylic acids is 2. The first-order valence-electron chi connectivity index (χ1n) is 11.6. The van der Waals surface area contributed by atoms with Crippen molar-refractivity contribution >= 4 is 21.5 Å². The monoisotopic (exact) mass is 485 g/mol. The van der Waals surface area contributed by atoms with Crippen molar-refractivity contribution in [3.63, 3.8) is 0 Å². The second-order valence-corrected chi connectivity index (χ2v) is 12.4. The van der Waals surface area contributed by atoms with Crippen molar-refractivity contribution in [2.45, 2.75) is 51.5 Å². The molecule has 0 spiro atoms. The summed E-state index contributed by atoms with van der Waals surface area (Å²) in [6.45, 7) is 6.43. The highest BCUT2D eigenvalue weighted by Gasteiger charge is 2.35. The van der Waals surface area contributed by atoms with Gasteiger partial charge < -0.3 is 9.64 Å². The molecule has 34 heavy (non-hydrogen) atoms. The Labute approximate surface area is 203 Å². The summed E-state index contributed by atoms with van der Waals surface area (Å²) in [6, 6.07) is 14.4. The van der Waals surface area contributed by atoms with Crippen LogP contribution in [0.15, 0.2) is 48.5 Å². The Bertz CT molecular complexity index is 1100. The average molecular weight is 486 g/mol. The van der Waals surface area contributed by atoms with Crippen LogP contribution in [0.4, 0.5) is 0 Å². The van der Waals surface area contributed by atoms with E-state index in [1.807, 2.05) is 24.3 Å². The zero-order chi connectivity index (χ0) is 25.1. The minimum Gasteiger partial charge on any atom is -0.497 e. The zero-order valence-electron chi connectivity index (χ0n) is 20.7. The maximum Gasteiger partial charge on any atom is 0.226 e. The number of methoxy groups -OCH3 is 1. The molecule has 1 amide bonds. The van der Waals surface area contributed by atoms with Gasteiger partial charge in [0.25, 0.3) is 0 Å². The van der Waals surface area contributed by atoms with Crippen LogP contribution in [0.5, 0.6) is 5.75 Å². The predicted octanol–water partition coefficient (Wildman–Crippen LogP) is 4.13. The van der Waals surface area contributed by atoms with E-state index in [-0.39, 0.29) is 35.0 Å². The van der Waals surface area contributed by atoms with Crippen molar-refractivity contribution in [3.05, 3.63) is 65.2 Å². The van der Waals surface area contributed by atoms with Gasteiger partial charge in [0.05, 0.1) is 18.6 Å². The van der Waals surface area contributed by atoms with E-state index >= 15 is 0 Å². The number of Topliss-reactive ketones (excluding diaryl/α,β-unsaturated/α-hetero) is 1. The van der Waals surface area contributed by atoms with E-state index in [0.29, 0.717) is 24.2 Å². The van der Waals surface area contributed by atoms with Gasteiger partial charge >= 0.3 is 0 Å². The van der Waals surface area contributed by atoms with Crippen molar-refractivity contribution in [1.82, 2.24) is 4.90 Å². The quantitative estimate of drug-likeness (QED) is 0.589. The van der Waals surface area contributed by atoms with E-state index in [4.69, 9.17) is 4.74 Å². The molecule has 1 aliphatic heterocycles. The SMILES string of the molecule is COc1ccc(C(C(=O)Cc2ccc(C(C)(C)C)cc2)N(C)C(=O)C2CCS(=O)(=O)CC2)cc1. The van der Waals surface area contributed by atoms with E-state index in [9.17, 15) is 18.0 Å². The van der Waals surface area contributed by atoms with E-state index < -0.39 is 21.8 Å². The molecule has 1 atom stereocenters. The van der Waals surface area contributed by atoms with E-state index in [1.165, 1.54) is 10.5 Å². The van der Waals surface area contributed by atoms with Crippen LogP contribution in [0.2, 0.25) is 0 Å². The summed E-state index contributed by atoms with van der Waals surface area (Å²) in [6.07, 6.45) is 0.782. The molecule has 184 valence electrons. The molecule has 1 heterocycles. The van der Waals surface area contributed by atoms with Gasteiger partial charge in [0.2, 0.25) is 5.91 Å². The topological polar surface area (TPSA) is 80.8 Å². The Morgan fingerprint density at radius 2 is 1.56 bits per heavy atom. The number of hydrogen-bond acceptors (Lipinski definition) is 5. The summed E-state index contributed by atoms with van der Waals surface area (Å²) in [5, 5.41) is 0. The highest BCUT2D eigenvalue weighted by atomic mass is 32.2. The molecule has 2 aromatic carbocycles. The fourth-order valence-electron chi connectivity index (χ4n) is 4.38. The standard InChI is InChI=1S/C27H35NO5S/c1-27(2,3)22-10-6-19(7-11-22)18-24(29)25(20-8-12-23(33-5)13-9-20)28(4)26(30)21-14-16-34(31,32)17-15-21/h6-13,21,25H,14-18H2,1-5H3. The Kier molecular flexibility index (Phi) is 7.86. The van der Waals surface area contributed by atoms with Crippen molar-refractivity contribution in [1.29, 1.82) is 0 Å². The number of carbonyl (C=O) groups is 2. The molecular formula is C27H35NO5S. The minimum absolute atomic E-state index is 0.0124. The van der Waals surface area contributed by atoms with Crippen molar-refractivity contribution in [2.24, 2.45) is 5.92 Å². The Morgan fingerprint density at radius 3 is 2.06 bits per heavy atom. The molecule has 0 N–H and O–H groups in total. The molecular weight excluding hydrogens is 450 g/mol. The first-order chi connectivity index (χ1) is 15.9. The summed E-state index contributed by atoms with van der Waals surface area (Å²) >= 11 is 0. The molecule has 1 fully saturated rings. The van der Waals surface area contributed by atoms with Gasteiger partial charge in [0.15, 0.2) is 5.78 Å². The molecule has 1 unspecified atom stereocenters. The number of benzene rings is 2. The number of amides is 1. The third kappa shape index (κ3) is 6.26. The number of rotatable bonds is 7. The molecule has 0 aromatic heterocycles. The molecule has 0 aliphatic carbocycles. The van der Waals surface area contributed by atoms with Crippen LogP contribution in [0.3, 0.4) is 0 Å². The average Bonchev–Trinajstić information content (AvgIpc) is 2.79. The molecule has 6 nitrogen and oxygen atoms in total. The first-order valence-corrected chi connectivity index (χ1v) is 13.5. The molecule has 1 saturated heterocycles. The third-order valence-corrected chi connectivity index (χ3v) is 8.29. The Morgan fingerprint density at radius 1 is 1.00 bits per heavy atom. The minimum atomic E-state index is -3.08.